The lowest BCUT2D eigenvalue weighted by Gasteiger charge is -2.12. The fraction of sp³-hybridized carbons (Fsp3) is 0.444. The number of hydrogen-bond acceptors (Lipinski definition) is 4. The Labute approximate surface area is 84.3 Å². The van der Waals surface area contributed by atoms with Crippen molar-refractivity contribution < 1.29 is 8.42 Å². The number of nitrogens with zero attached hydrogens (tertiary/aromatic N) is 1. The van der Waals surface area contributed by atoms with Crippen molar-refractivity contribution in [3.63, 3.8) is 0 Å². The summed E-state index contributed by atoms with van der Waals surface area (Å²) in [5, 5.41) is 3.01. The van der Waals surface area contributed by atoms with Gasteiger partial charge in [0.1, 0.15) is 15.7 Å². The lowest BCUT2D eigenvalue weighted by Crippen LogP contribution is -2.25. The summed E-state index contributed by atoms with van der Waals surface area (Å²) in [4.78, 5) is 4.04. The van der Waals surface area contributed by atoms with Gasteiger partial charge in [0.15, 0.2) is 0 Å². The molecule has 1 N–H and O–H groups in total. The molecule has 14 heavy (non-hydrogen) atoms. The van der Waals surface area contributed by atoms with Gasteiger partial charge >= 0.3 is 0 Å². The average molecular weight is 214 g/mol. The summed E-state index contributed by atoms with van der Waals surface area (Å²) >= 11 is 0. The van der Waals surface area contributed by atoms with Crippen molar-refractivity contribution >= 4 is 15.7 Å². The predicted molar refractivity (Wildman–Crippen MR) is 57.0 cm³/mol. The molecule has 1 unspecified atom stereocenters. The van der Waals surface area contributed by atoms with Gasteiger partial charge in [-0.15, -0.1) is 0 Å². The molecule has 0 aliphatic rings. The number of anilines is 1. The van der Waals surface area contributed by atoms with Gasteiger partial charge in [-0.2, -0.15) is 0 Å². The van der Waals surface area contributed by atoms with Gasteiger partial charge in [-0.25, -0.2) is 13.4 Å². The molecule has 0 aromatic carbocycles. The zero-order valence-corrected chi connectivity index (χ0v) is 9.08. The highest BCUT2D eigenvalue weighted by Crippen LogP contribution is 2.03. The van der Waals surface area contributed by atoms with Crippen LogP contribution in [0.4, 0.5) is 5.82 Å². The monoisotopic (exact) mass is 214 g/mol. The van der Waals surface area contributed by atoms with Crippen LogP contribution in [0.25, 0.3) is 0 Å². The van der Waals surface area contributed by atoms with Crippen molar-refractivity contribution in [2.24, 2.45) is 0 Å². The lowest BCUT2D eigenvalue weighted by molar-refractivity contribution is 0.598. The molecule has 0 bridgehead atoms. The topological polar surface area (TPSA) is 59.1 Å². The van der Waals surface area contributed by atoms with Gasteiger partial charge in [-0.3, -0.25) is 0 Å². The molecule has 0 amide bonds. The Morgan fingerprint density at radius 2 is 2.21 bits per heavy atom. The number of pyridine rings is 1. The third-order valence-corrected chi connectivity index (χ3v) is 2.72. The molecule has 1 aromatic heterocycles. The van der Waals surface area contributed by atoms with Gasteiger partial charge in [0.2, 0.25) is 0 Å². The molecule has 0 spiro atoms. The van der Waals surface area contributed by atoms with Crippen molar-refractivity contribution in [1.82, 2.24) is 4.98 Å². The van der Waals surface area contributed by atoms with Crippen LogP contribution in [-0.4, -0.2) is 31.5 Å². The Morgan fingerprint density at radius 3 is 2.71 bits per heavy atom. The largest absolute Gasteiger partial charge is 0.367 e. The zero-order valence-electron chi connectivity index (χ0n) is 8.27. The van der Waals surface area contributed by atoms with Gasteiger partial charge in [0.25, 0.3) is 0 Å². The summed E-state index contributed by atoms with van der Waals surface area (Å²) in [5.41, 5.74) is 0. The van der Waals surface area contributed by atoms with Crippen molar-refractivity contribution in [3.05, 3.63) is 24.4 Å². The number of hydrogen-bond donors (Lipinski definition) is 1. The smallest absolute Gasteiger partial charge is 0.149 e. The highest BCUT2D eigenvalue weighted by atomic mass is 32.2. The summed E-state index contributed by atoms with van der Waals surface area (Å²) in [6, 6.07) is 5.34. The van der Waals surface area contributed by atoms with Gasteiger partial charge < -0.3 is 5.32 Å². The SMILES string of the molecule is CC(CS(C)(=O)=O)Nc1ccccn1. The maximum atomic E-state index is 11.0. The molecule has 1 atom stereocenters. The molecule has 1 heterocycles. The van der Waals surface area contributed by atoms with Crippen molar-refractivity contribution in [1.29, 1.82) is 0 Å². The second-order valence-corrected chi connectivity index (χ2v) is 5.54. The Balaban J connectivity index is 2.54. The summed E-state index contributed by atoms with van der Waals surface area (Å²) < 4.78 is 21.9. The maximum absolute atomic E-state index is 11.0. The van der Waals surface area contributed by atoms with Crippen LogP contribution in [0.3, 0.4) is 0 Å². The molecule has 0 aliphatic heterocycles. The minimum Gasteiger partial charge on any atom is -0.367 e. The van der Waals surface area contributed by atoms with E-state index in [0.29, 0.717) is 5.82 Å². The third-order valence-electron chi connectivity index (χ3n) is 1.61. The quantitative estimate of drug-likeness (QED) is 0.810. The minimum absolute atomic E-state index is 0.115. The van der Waals surface area contributed by atoms with Crippen molar-refractivity contribution in [2.45, 2.75) is 13.0 Å². The van der Waals surface area contributed by atoms with E-state index in [1.807, 2.05) is 19.1 Å². The Kier molecular flexibility index (Phi) is 3.46. The van der Waals surface area contributed by atoms with Crippen LogP contribution < -0.4 is 5.32 Å². The highest BCUT2D eigenvalue weighted by Gasteiger charge is 2.09. The molecule has 1 rings (SSSR count). The number of rotatable bonds is 4. The van der Waals surface area contributed by atoms with Crippen LogP contribution in [0.15, 0.2) is 24.4 Å². The van der Waals surface area contributed by atoms with E-state index in [4.69, 9.17) is 0 Å². The summed E-state index contributed by atoms with van der Waals surface area (Å²) in [6.07, 6.45) is 2.89. The number of nitrogens with one attached hydrogen (secondary N) is 1. The normalized spacial score (nSPS) is 13.6. The molecule has 0 saturated heterocycles. The Morgan fingerprint density at radius 1 is 1.50 bits per heavy atom. The van der Waals surface area contributed by atoms with Crippen molar-refractivity contribution in [2.75, 3.05) is 17.3 Å². The molecular formula is C9H14N2O2S. The van der Waals surface area contributed by atoms with E-state index < -0.39 is 9.84 Å². The Bertz CT molecular complexity index is 375. The van der Waals surface area contributed by atoms with Crippen molar-refractivity contribution in [3.8, 4) is 0 Å². The van der Waals surface area contributed by atoms with Crippen LogP contribution >= 0.6 is 0 Å². The van der Waals surface area contributed by atoms with Crippen LogP contribution in [-0.2, 0) is 9.84 Å². The summed E-state index contributed by atoms with van der Waals surface area (Å²) in [5.74, 6) is 0.812. The molecule has 0 radical (unpaired) electrons. The molecule has 0 fully saturated rings. The van der Waals surface area contributed by atoms with E-state index in [9.17, 15) is 8.42 Å². The second-order valence-electron chi connectivity index (χ2n) is 3.35. The minimum atomic E-state index is -2.93. The summed E-state index contributed by atoms with van der Waals surface area (Å²) in [6.45, 7) is 1.82. The predicted octanol–water partition coefficient (Wildman–Crippen LogP) is 0.927. The van der Waals surface area contributed by atoms with Crippen LogP contribution in [0.2, 0.25) is 0 Å². The van der Waals surface area contributed by atoms with Crippen LogP contribution in [0, 0.1) is 0 Å². The van der Waals surface area contributed by atoms with E-state index >= 15 is 0 Å². The highest BCUT2D eigenvalue weighted by molar-refractivity contribution is 7.90. The first-order valence-corrected chi connectivity index (χ1v) is 6.39. The van der Waals surface area contributed by atoms with Gasteiger partial charge in [-0.1, -0.05) is 6.07 Å². The molecule has 78 valence electrons. The number of sulfone groups is 1. The van der Waals surface area contributed by atoms with Gasteiger partial charge in [-0.05, 0) is 19.1 Å². The standard InChI is InChI=1S/C9H14N2O2S/c1-8(7-14(2,12)13)11-9-5-3-4-6-10-9/h3-6,8H,7H2,1-2H3,(H,10,11). The van der Waals surface area contributed by atoms with E-state index in [-0.39, 0.29) is 11.8 Å². The Hall–Kier alpha value is -1.10. The van der Waals surface area contributed by atoms with E-state index in [1.54, 1.807) is 12.3 Å². The van der Waals surface area contributed by atoms with E-state index in [2.05, 4.69) is 10.3 Å². The van der Waals surface area contributed by atoms with E-state index in [1.165, 1.54) is 6.26 Å². The molecule has 5 heteroatoms. The van der Waals surface area contributed by atoms with Crippen LogP contribution in [0.1, 0.15) is 6.92 Å². The fourth-order valence-electron chi connectivity index (χ4n) is 1.20. The maximum Gasteiger partial charge on any atom is 0.149 e. The molecule has 4 nitrogen and oxygen atoms in total. The fourth-order valence-corrected chi connectivity index (χ4v) is 2.19. The molecular weight excluding hydrogens is 200 g/mol. The first-order chi connectivity index (χ1) is 6.47. The molecule has 0 aliphatic carbocycles. The summed E-state index contributed by atoms with van der Waals surface area (Å²) in [7, 11) is -2.93. The lowest BCUT2D eigenvalue weighted by atomic mass is 10.4. The van der Waals surface area contributed by atoms with E-state index in [0.717, 1.165) is 0 Å². The number of aromatic nitrogens is 1. The average Bonchev–Trinajstić information content (AvgIpc) is 2.02. The second kappa shape index (κ2) is 4.41. The first-order valence-electron chi connectivity index (χ1n) is 4.33. The zero-order chi connectivity index (χ0) is 10.6. The van der Waals surface area contributed by atoms with Crippen LogP contribution in [0.5, 0.6) is 0 Å². The molecule has 1 aromatic rings. The first kappa shape index (κ1) is 11.0. The third kappa shape index (κ3) is 4.23. The molecule has 0 saturated carbocycles. The van der Waals surface area contributed by atoms with Gasteiger partial charge in [0, 0.05) is 18.5 Å². The van der Waals surface area contributed by atoms with Gasteiger partial charge in [0.05, 0.1) is 5.75 Å².